The normalized spacial score (nSPS) is 12.7. The summed E-state index contributed by atoms with van der Waals surface area (Å²) in [7, 11) is 0. The fourth-order valence-electron chi connectivity index (χ4n) is 8.23. The molecule has 0 aliphatic heterocycles. The van der Waals surface area contributed by atoms with Crippen LogP contribution in [0.2, 0.25) is 0 Å². The second-order valence-corrected chi connectivity index (χ2v) is 14.2. The maximum absolute atomic E-state index is 6.74. The van der Waals surface area contributed by atoms with Gasteiger partial charge >= 0.3 is 0 Å². The van der Waals surface area contributed by atoms with Crippen LogP contribution in [0.15, 0.2) is 109 Å². The molecule has 0 saturated carbocycles. The van der Waals surface area contributed by atoms with Gasteiger partial charge in [0.15, 0.2) is 0 Å². The predicted octanol–water partition coefficient (Wildman–Crippen LogP) is 11.9. The Kier molecular flexibility index (Phi) is 9.12. The van der Waals surface area contributed by atoms with Crippen molar-refractivity contribution in [1.82, 2.24) is 0 Å². The van der Waals surface area contributed by atoms with Gasteiger partial charge in [-0.2, -0.15) is 0 Å². The van der Waals surface area contributed by atoms with Crippen LogP contribution < -0.4 is 20.9 Å². The lowest BCUT2D eigenvalue weighted by molar-refractivity contribution is 0.467. The van der Waals surface area contributed by atoms with E-state index in [2.05, 4.69) is 114 Å². The molecule has 0 unspecified atom stereocenters. The smallest absolute Gasteiger partial charge is 0.133 e. The highest BCUT2D eigenvalue weighted by atomic mass is 16.5. The van der Waals surface area contributed by atoms with Gasteiger partial charge in [0, 0.05) is 11.4 Å². The number of aryl methyl sites for hydroxylation is 6. The second-order valence-electron chi connectivity index (χ2n) is 14.2. The fraction of sp³-hybridized carbons (Fsp3) is 0.234. The molecule has 0 radical (unpaired) electrons. The van der Waals surface area contributed by atoms with Crippen molar-refractivity contribution in [2.45, 2.75) is 72.6 Å². The first-order valence-electron chi connectivity index (χ1n) is 18.2. The molecule has 0 bridgehead atoms. The average Bonchev–Trinajstić information content (AvgIpc) is 3.41. The van der Waals surface area contributed by atoms with Gasteiger partial charge in [0.2, 0.25) is 0 Å². The first kappa shape index (κ1) is 34.0. The Morgan fingerprint density at radius 1 is 0.490 bits per heavy atom. The molecule has 4 N–H and O–H groups in total. The van der Waals surface area contributed by atoms with E-state index < -0.39 is 5.41 Å². The van der Waals surface area contributed by atoms with E-state index in [1.807, 2.05) is 36.4 Å². The molecule has 4 nitrogen and oxygen atoms in total. The van der Waals surface area contributed by atoms with Crippen molar-refractivity contribution in [3.8, 4) is 34.1 Å². The molecule has 6 aromatic rings. The van der Waals surface area contributed by atoms with Crippen molar-refractivity contribution in [3.63, 3.8) is 0 Å². The van der Waals surface area contributed by atoms with Crippen molar-refractivity contribution in [1.29, 1.82) is 0 Å². The number of ether oxygens (including phenoxy) is 2. The third-order valence-electron chi connectivity index (χ3n) is 10.4. The highest BCUT2D eigenvalue weighted by Gasteiger charge is 2.46. The fourth-order valence-corrected chi connectivity index (χ4v) is 8.23. The lowest BCUT2D eigenvalue weighted by atomic mass is 9.66. The SMILES string of the molecule is CCCc1cc(N)ccc1Oc1c(C)cc(C2(c3cc(C)c(Oc4ccc(N)cc4CCC)c(C)c3)c3ccccc3-c3ccccc32)cc1C. The summed E-state index contributed by atoms with van der Waals surface area (Å²) in [5.74, 6) is 3.50. The van der Waals surface area contributed by atoms with Crippen molar-refractivity contribution < 1.29 is 9.47 Å². The molecule has 0 spiro atoms. The van der Waals surface area contributed by atoms with Gasteiger partial charge in [-0.25, -0.2) is 0 Å². The molecule has 0 heterocycles. The molecule has 0 amide bonds. The molecule has 258 valence electrons. The number of nitrogen functional groups attached to an aromatic ring is 2. The van der Waals surface area contributed by atoms with E-state index in [1.165, 1.54) is 33.4 Å². The lowest BCUT2D eigenvalue weighted by Crippen LogP contribution is -2.29. The molecule has 6 aromatic carbocycles. The van der Waals surface area contributed by atoms with Gasteiger partial charge < -0.3 is 20.9 Å². The van der Waals surface area contributed by atoms with Crippen LogP contribution in [0.1, 0.15) is 82.3 Å². The third-order valence-corrected chi connectivity index (χ3v) is 10.4. The number of nitrogens with two attached hydrogens (primary N) is 2. The van der Waals surface area contributed by atoms with Crippen LogP contribution in [0.25, 0.3) is 11.1 Å². The molecule has 4 heteroatoms. The topological polar surface area (TPSA) is 70.5 Å². The van der Waals surface area contributed by atoms with Gasteiger partial charge in [-0.3, -0.25) is 0 Å². The largest absolute Gasteiger partial charge is 0.457 e. The monoisotopic (exact) mass is 672 g/mol. The summed E-state index contributed by atoms with van der Waals surface area (Å²) < 4.78 is 13.5. The maximum atomic E-state index is 6.74. The summed E-state index contributed by atoms with van der Waals surface area (Å²) in [6.07, 6.45) is 3.84. The number of hydrogen-bond donors (Lipinski definition) is 2. The van der Waals surface area contributed by atoms with E-state index in [9.17, 15) is 0 Å². The Hall–Kier alpha value is -5.48. The van der Waals surface area contributed by atoms with Crippen LogP contribution in [0, 0.1) is 27.7 Å². The summed E-state index contributed by atoms with van der Waals surface area (Å²) in [6, 6.07) is 39.0. The Balaban J connectivity index is 1.41. The number of benzene rings is 6. The van der Waals surface area contributed by atoms with Gasteiger partial charge in [-0.15, -0.1) is 0 Å². The Morgan fingerprint density at radius 2 is 0.863 bits per heavy atom. The van der Waals surface area contributed by atoms with Gasteiger partial charge in [0.1, 0.15) is 23.0 Å². The highest BCUT2D eigenvalue weighted by molar-refractivity contribution is 5.86. The van der Waals surface area contributed by atoms with Gasteiger partial charge in [-0.05, 0) is 144 Å². The number of anilines is 2. The minimum atomic E-state index is -0.557. The molecule has 1 aliphatic carbocycles. The summed E-state index contributed by atoms with van der Waals surface area (Å²) in [6.45, 7) is 13.0. The standard InChI is InChI=1S/C47H48N2O2/c1-7-13-33-27-37(48)19-21-43(33)50-45-29(3)23-35(24-30(45)4)47(41-17-11-9-15-39(41)40-16-10-12-18-42(40)47)36-25-31(5)46(32(6)26-36)51-44-22-20-38(49)28-34(44)14-8-2/h9-12,15-28H,7-8,13-14,48-49H2,1-6H3. The minimum Gasteiger partial charge on any atom is -0.457 e. The second kappa shape index (κ2) is 13.7. The molecular weight excluding hydrogens is 625 g/mol. The zero-order valence-corrected chi connectivity index (χ0v) is 30.7. The van der Waals surface area contributed by atoms with Gasteiger partial charge in [0.05, 0.1) is 5.41 Å². The zero-order chi connectivity index (χ0) is 35.9. The molecular formula is C47H48N2O2. The molecule has 0 aromatic heterocycles. The highest BCUT2D eigenvalue weighted by Crippen LogP contribution is 2.57. The van der Waals surface area contributed by atoms with Gasteiger partial charge in [-0.1, -0.05) is 99.5 Å². The van der Waals surface area contributed by atoms with E-state index >= 15 is 0 Å². The van der Waals surface area contributed by atoms with E-state index in [1.54, 1.807) is 0 Å². The van der Waals surface area contributed by atoms with Crippen molar-refractivity contribution >= 4 is 11.4 Å². The first-order valence-corrected chi connectivity index (χ1v) is 18.2. The maximum Gasteiger partial charge on any atom is 0.133 e. The predicted molar refractivity (Wildman–Crippen MR) is 213 cm³/mol. The van der Waals surface area contributed by atoms with Crippen LogP contribution in [0.5, 0.6) is 23.0 Å². The van der Waals surface area contributed by atoms with Gasteiger partial charge in [0.25, 0.3) is 0 Å². The third kappa shape index (κ3) is 5.93. The molecule has 7 rings (SSSR count). The van der Waals surface area contributed by atoms with Crippen LogP contribution in [-0.2, 0) is 18.3 Å². The van der Waals surface area contributed by atoms with Crippen LogP contribution >= 0.6 is 0 Å². The number of hydrogen-bond acceptors (Lipinski definition) is 4. The summed E-state index contributed by atoms with van der Waals surface area (Å²) in [5.41, 5.74) is 27.4. The molecule has 0 atom stereocenters. The van der Waals surface area contributed by atoms with Crippen LogP contribution in [0.3, 0.4) is 0 Å². The summed E-state index contributed by atoms with van der Waals surface area (Å²) >= 11 is 0. The molecule has 51 heavy (non-hydrogen) atoms. The Bertz CT molecular complexity index is 2060. The Labute approximate surface area is 303 Å². The zero-order valence-electron chi connectivity index (χ0n) is 30.7. The van der Waals surface area contributed by atoms with Crippen molar-refractivity contribution in [2.24, 2.45) is 0 Å². The number of rotatable bonds is 10. The quantitative estimate of drug-likeness (QED) is 0.142. The van der Waals surface area contributed by atoms with Crippen LogP contribution in [-0.4, -0.2) is 0 Å². The minimum absolute atomic E-state index is 0.557. The first-order chi connectivity index (χ1) is 24.6. The molecule has 0 fully saturated rings. The van der Waals surface area contributed by atoms with Crippen molar-refractivity contribution in [2.75, 3.05) is 11.5 Å². The van der Waals surface area contributed by atoms with Crippen molar-refractivity contribution in [3.05, 3.63) is 165 Å². The Morgan fingerprint density at radius 3 is 1.24 bits per heavy atom. The summed E-state index contributed by atoms with van der Waals surface area (Å²) in [4.78, 5) is 0. The van der Waals surface area contributed by atoms with E-state index in [-0.39, 0.29) is 0 Å². The van der Waals surface area contributed by atoms with Crippen LogP contribution in [0.4, 0.5) is 11.4 Å². The summed E-state index contributed by atoms with van der Waals surface area (Å²) in [5, 5.41) is 0. The van der Waals surface area contributed by atoms with E-state index in [0.29, 0.717) is 0 Å². The molecule has 0 saturated heterocycles. The van der Waals surface area contributed by atoms with E-state index in [0.717, 1.165) is 93.4 Å². The molecule has 1 aliphatic rings. The average molecular weight is 673 g/mol. The van der Waals surface area contributed by atoms with E-state index in [4.69, 9.17) is 20.9 Å². The lowest BCUT2D eigenvalue weighted by Gasteiger charge is -2.35. The number of fused-ring (bicyclic) bond motifs is 3.